The Labute approximate surface area is 76.0 Å². The lowest BCUT2D eigenvalue weighted by Gasteiger charge is -2.10. The number of pyridine rings is 1. The molecule has 0 saturated carbocycles. The van der Waals surface area contributed by atoms with Crippen molar-refractivity contribution in [2.75, 3.05) is 6.61 Å². The van der Waals surface area contributed by atoms with Crippen LogP contribution in [0, 0.1) is 0 Å². The first-order valence-electron chi connectivity index (χ1n) is 4.48. The van der Waals surface area contributed by atoms with Gasteiger partial charge in [0.1, 0.15) is 5.65 Å². The van der Waals surface area contributed by atoms with Crippen LogP contribution in [-0.4, -0.2) is 16.0 Å². The smallest absolute Gasteiger partial charge is 0.137 e. The van der Waals surface area contributed by atoms with Crippen molar-refractivity contribution in [3.05, 3.63) is 35.8 Å². The summed E-state index contributed by atoms with van der Waals surface area (Å²) >= 11 is 0. The van der Waals surface area contributed by atoms with Crippen molar-refractivity contribution in [3.8, 4) is 0 Å². The molecule has 66 valence electrons. The molecule has 0 atom stereocenters. The first kappa shape index (κ1) is 7.09. The van der Waals surface area contributed by atoms with Gasteiger partial charge in [-0.2, -0.15) is 0 Å². The van der Waals surface area contributed by atoms with Crippen molar-refractivity contribution in [3.63, 3.8) is 0 Å². The van der Waals surface area contributed by atoms with Gasteiger partial charge in [-0.25, -0.2) is 4.98 Å². The van der Waals surface area contributed by atoms with E-state index >= 15 is 0 Å². The van der Waals surface area contributed by atoms with Gasteiger partial charge in [-0.3, -0.25) is 0 Å². The minimum Gasteiger partial charge on any atom is -0.375 e. The number of hydrogen-bond donors (Lipinski definition) is 0. The second kappa shape index (κ2) is 2.57. The fourth-order valence-electron chi connectivity index (χ4n) is 1.81. The van der Waals surface area contributed by atoms with Gasteiger partial charge in [-0.15, -0.1) is 0 Å². The second-order valence-electron chi connectivity index (χ2n) is 3.24. The van der Waals surface area contributed by atoms with E-state index in [9.17, 15) is 0 Å². The Morgan fingerprint density at radius 1 is 1.38 bits per heavy atom. The fraction of sp³-hybridized carbons (Fsp3) is 0.300. The Hall–Kier alpha value is -1.35. The molecule has 0 spiro atoms. The Bertz CT molecular complexity index is 447. The minimum atomic E-state index is 0.664. The predicted molar refractivity (Wildman–Crippen MR) is 48.6 cm³/mol. The molecule has 0 amide bonds. The number of ether oxygens (including phenoxy) is 1. The van der Waals surface area contributed by atoms with Crippen LogP contribution in [0.4, 0.5) is 0 Å². The zero-order valence-corrected chi connectivity index (χ0v) is 7.23. The molecule has 0 unspecified atom stereocenters. The van der Waals surface area contributed by atoms with Crippen LogP contribution in [0.1, 0.15) is 11.4 Å². The predicted octanol–water partition coefficient (Wildman–Crippen LogP) is 1.41. The maximum atomic E-state index is 5.35. The van der Waals surface area contributed by atoms with Gasteiger partial charge in [0, 0.05) is 12.6 Å². The number of nitrogens with zero attached hydrogens (tertiary/aromatic N) is 2. The van der Waals surface area contributed by atoms with E-state index in [-0.39, 0.29) is 0 Å². The van der Waals surface area contributed by atoms with Crippen LogP contribution in [0.15, 0.2) is 24.4 Å². The van der Waals surface area contributed by atoms with Gasteiger partial charge in [-0.05, 0) is 12.1 Å². The van der Waals surface area contributed by atoms with Crippen molar-refractivity contribution >= 4 is 5.65 Å². The molecule has 3 heterocycles. The van der Waals surface area contributed by atoms with Crippen LogP contribution in [0.3, 0.4) is 0 Å². The van der Waals surface area contributed by atoms with E-state index in [1.807, 2.05) is 18.2 Å². The number of aromatic nitrogens is 2. The number of rotatable bonds is 0. The maximum Gasteiger partial charge on any atom is 0.137 e. The summed E-state index contributed by atoms with van der Waals surface area (Å²) in [4.78, 5) is 4.49. The molecule has 3 nitrogen and oxygen atoms in total. The van der Waals surface area contributed by atoms with Crippen molar-refractivity contribution in [1.29, 1.82) is 0 Å². The van der Waals surface area contributed by atoms with E-state index in [1.165, 1.54) is 5.69 Å². The van der Waals surface area contributed by atoms with E-state index in [0.29, 0.717) is 6.61 Å². The number of hydrogen-bond acceptors (Lipinski definition) is 2. The van der Waals surface area contributed by atoms with Gasteiger partial charge in [0.05, 0.1) is 24.6 Å². The van der Waals surface area contributed by atoms with E-state index in [1.54, 1.807) is 0 Å². The Morgan fingerprint density at radius 3 is 3.38 bits per heavy atom. The van der Waals surface area contributed by atoms with Crippen molar-refractivity contribution in [1.82, 2.24) is 9.38 Å². The van der Waals surface area contributed by atoms with Crippen LogP contribution in [0.5, 0.6) is 0 Å². The molecular weight excluding hydrogens is 164 g/mol. The summed E-state index contributed by atoms with van der Waals surface area (Å²) in [5.41, 5.74) is 3.43. The highest BCUT2D eigenvalue weighted by molar-refractivity contribution is 5.43. The van der Waals surface area contributed by atoms with Gasteiger partial charge < -0.3 is 9.14 Å². The summed E-state index contributed by atoms with van der Waals surface area (Å²) < 4.78 is 7.50. The van der Waals surface area contributed by atoms with Crippen molar-refractivity contribution in [2.45, 2.75) is 13.0 Å². The average Bonchev–Trinajstić information content (AvgIpc) is 2.56. The summed E-state index contributed by atoms with van der Waals surface area (Å²) in [6.45, 7) is 1.48. The molecule has 0 saturated heterocycles. The first-order valence-corrected chi connectivity index (χ1v) is 4.48. The summed E-state index contributed by atoms with van der Waals surface area (Å²) in [6.07, 6.45) is 3.03. The summed E-state index contributed by atoms with van der Waals surface area (Å²) in [5, 5.41) is 0. The summed E-state index contributed by atoms with van der Waals surface area (Å²) in [6, 6.07) is 6.07. The first-order chi connectivity index (χ1) is 6.45. The normalized spacial score (nSPS) is 16.0. The van der Waals surface area contributed by atoms with Gasteiger partial charge in [0.2, 0.25) is 0 Å². The molecule has 3 rings (SSSR count). The molecule has 1 aliphatic heterocycles. The Morgan fingerprint density at radius 2 is 2.38 bits per heavy atom. The molecule has 13 heavy (non-hydrogen) atoms. The average molecular weight is 174 g/mol. The minimum absolute atomic E-state index is 0.664. The van der Waals surface area contributed by atoms with Crippen molar-refractivity contribution in [2.24, 2.45) is 0 Å². The quantitative estimate of drug-likeness (QED) is 0.603. The second-order valence-corrected chi connectivity index (χ2v) is 3.24. The highest BCUT2D eigenvalue weighted by Crippen LogP contribution is 2.17. The molecule has 0 bridgehead atoms. The van der Waals surface area contributed by atoms with Gasteiger partial charge in [-0.1, -0.05) is 6.07 Å². The van der Waals surface area contributed by atoms with Gasteiger partial charge in [0.25, 0.3) is 0 Å². The summed E-state index contributed by atoms with van der Waals surface area (Å²) in [5.74, 6) is 0. The topological polar surface area (TPSA) is 26.5 Å². The molecule has 1 aliphatic rings. The lowest BCUT2D eigenvalue weighted by Crippen LogP contribution is -2.10. The van der Waals surface area contributed by atoms with E-state index < -0.39 is 0 Å². The molecule has 2 aromatic heterocycles. The van der Waals surface area contributed by atoms with E-state index in [2.05, 4.69) is 15.6 Å². The van der Waals surface area contributed by atoms with Gasteiger partial charge in [0.15, 0.2) is 0 Å². The summed E-state index contributed by atoms with van der Waals surface area (Å²) in [7, 11) is 0. The molecule has 0 radical (unpaired) electrons. The molecule has 0 aromatic carbocycles. The van der Waals surface area contributed by atoms with Crippen LogP contribution in [-0.2, 0) is 17.8 Å². The molecule has 0 N–H and O–H groups in total. The van der Waals surface area contributed by atoms with Gasteiger partial charge >= 0.3 is 0 Å². The monoisotopic (exact) mass is 174 g/mol. The number of fused-ring (bicyclic) bond motifs is 3. The molecule has 2 aromatic rings. The van der Waals surface area contributed by atoms with Crippen LogP contribution < -0.4 is 0 Å². The molecule has 3 heteroatoms. The largest absolute Gasteiger partial charge is 0.375 e. The third-order valence-electron chi connectivity index (χ3n) is 2.43. The maximum absolute atomic E-state index is 5.35. The van der Waals surface area contributed by atoms with Crippen LogP contribution in [0.25, 0.3) is 5.65 Å². The third-order valence-corrected chi connectivity index (χ3v) is 2.43. The SMILES string of the molecule is c1ccn2c3c(nc2c1)COCC3. The molecule has 0 aliphatic carbocycles. The van der Waals surface area contributed by atoms with Crippen molar-refractivity contribution < 1.29 is 4.74 Å². The lowest BCUT2D eigenvalue weighted by atomic mass is 10.2. The standard InChI is InChI=1S/C10H10N2O/c1-2-5-12-9-4-6-13-7-8(9)11-10(12)3-1/h1-3,5H,4,6-7H2. The zero-order valence-electron chi connectivity index (χ0n) is 7.23. The molecular formula is C10H10N2O. The Balaban J connectivity index is 2.34. The highest BCUT2D eigenvalue weighted by atomic mass is 16.5. The highest BCUT2D eigenvalue weighted by Gasteiger charge is 2.15. The van der Waals surface area contributed by atoms with Crippen LogP contribution in [0.2, 0.25) is 0 Å². The molecule has 0 fully saturated rings. The van der Waals surface area contributed by atoms with E-state index in [0.717, 1.165) is 24.4 Å². The Kier molecular flexibility index (Phi) is 1.40. The zero-order chi connectivity index (χ0) is 8.67. The van der Waals surface area contributed by atoms with E-state index in [4.69, 9.17) is 4.74 Å². The lowest BCUT2D eigenvalue weighted by molar-refractivity contribution is 0.107. The fourth-order valence-corrected chi connectivity index (χ4v) is 1.81. The number of imidazole rings is 1. The third kappa shape index (κ3) is 0.971. The van der Waals surface area contributed by atoms with Crippen LogP contribution >= 0.6 is 0 Å².